The minimum absolute atomic E-state index is 0.00831. The molecule has 2 aliphatic rings. The van der Waals surface area contributed by atoms with Crippen LogP contribution in [-0.4, -0.2) is 66.3 Å². The van der Waals surface area contributed by atoms with Gasteiger partial charge in [0.2, 0.25) is 0 Å². The van der Waals surface area contributed by atoms with Crippen LogP contribution in [0.3, 0.4) is 0 Å². The van der Waals surface area contributed by atoms with E-state index in [-0.39, 0.29) is 30.8 Å². The second kappa shape index (κ2) is 14.8. The first-order chi connectivity index (χ1) is 20.5. The lowest BCUT2D eigenvalue weighted by molar-refractivity contribution is -0.276. The summed E-state index contributed by atoms with van der Waals surface area (Å²) in [5.74, 6) is 0.143. The highest BCUT2D eigenvalue weighted by molar-refractivity contribution is 5.73. The number of nitrogens with zero attached hydrogens (tertiary/aromatic N) is 2. The van der Waals surface area contributed by atoms with Crippen molar-refractivity contribution in [1.29, 1.82) is 0 Å². The zero-order valence-corrected chi connectivity index (χ0v) is 24.7. The number of nitrogens with one attached hydrogen (secondary N) is 2. The standard InChI is InChI=1S/C34H44N4O4/c1-3-35-34(40)36-21-26-9-15-30(16-10-26)33-41-31(25(2)32(42-33)29-13-11-28(24-39)12-14-29)23-38-19-17-37(18-20-38)22-27-7-5-4-6-8-27/h4-16,25,31-33,39H,3,17-24H2,1-2H3,(H2,35,36,40)/t25-,31+,32+,33+/m0/s1. The third-order valence-corrected chi connectivity index (χ3v) is 8.32. The molecule has 42 heavy (non-hydrogen) atoms. The number of hydrogen-bond acceptors (Lipinski definition) is 6. The maximum atomic E-state index is 11.8. The molecule has 0 bridgehead atoms. The van der Waals surface area contributed by atoms with E-state index in [9.17, 15) is 9.90 Å². The molecule has 4 atom stereocenters. The van der Waals surface area contributed by atoms with Gasteiger partial charge in [-0.05, 0) is 29.2 Å². The first kappa shape index (κ1) is 30.2. The van der Waals surface area contributed by atoms with Gasteiger partial charge in [0.15, 0.2) is 6.29 Å². The number of hydrogen-bond donors (Lipinski definition) is 3. The fourth-order valence-electron chi connectivity index (χ4n) is 5.75. The Hall–Kier alpha value is -3.27. The van der Waals surface area contributed by atoms with Gasteiger partial charge < -0.3 is 25.2 Å². The Bertz CT molecular complexity index is 1250. The molecule has 5 rings (SSSR count). The lowest BCUT2D eigenvalue weighted by atomic mass is 9.90. The number of carbonyl (C=O) groups excluding carboxylic acids is 1. The number of carbonyl (C=O) groups is 1. The van der Waals surface area contributed by atoms with Crippen LogP contribution in [0.2, 0.25) is 0 Å². The fourth-order valence-corrected chi connectivity index (χ4v) is 5.75. The summed E-state index contributed by atoms with van der Waals surface area (Å²) in [5, 5.41) is 15.2. The van der Waals surface area contributed by atoms with E-state index in [1.165, 1.54) is 5.56 Å². The predicted octanol–water partition coefficient (Wildman–Crippen LogP) is 4.61. The lowest BCUT2D eigenvalue weighted by Crippen LogP contribution is -2.51. The van der Waals surface area contributed by atoms with Gasteiger partial charge in [-0.25, -0.2) is 4.79 Å². The van der Waals surface area contributed by atoms with Gasteiger partial charge >= 0.3 is 6.03 Å². The second-order valence-corrected chi connectivity index (χ2v) is 11.3. The highest BCUT2D eigenvalue weighted by Crippen LogP contribution is 2.42. The van der Waals surface area contributed by atoms with Gasteiger partial charge in [0.1, 0.15) is 0 Å². The molecule has 0 saturated carbocycles. The molecule has 224 valence electrons. The number of ether oxygens (including phenoxy) is 2. The van der Waals surface area contributed by atoms with Crippen LogP contribution in [0.4, 0.5) is 4.79 Å². The van der Waals surface area contributed by atoms with Crippen LogP contribution in [0.5, 0.6) is 0 Å². The van der Waals surface area contributed by atoms with E-state index < -0.39 is 6.29 Å². The Morgan fingerprint density at radius 1 is 0.810 bits per heavy atom. The van der Waals surface area contributed by atoms with Crippen molar-refractivity contribution >= 4 is 6.03 Å². The van der Waals surface area contributed by atoms with E-state index >= 15 is 0 Å². The van der Waals surface area contributed by atoms with Crippen LogP contribution in [0.15, 0.2) is 78.9 Å². The molecule has 2 fully saturated rings. The SMILES string of the molecule is CCNC(=O)NCc1ccc([C@@H]2O[C@H](CN3CCN(Cc4ccccc4)CC3)[C@H](C)[C@H](c3ccc(CO)cc3)O2)cc1. The Balaban J connectivity index is 1.26. The number of amides is 2. The quantitative estimate of drug-likeness (QED) is 0.329. The summed E-state index contributed by atoms with van der Waals surface area (Å²) in [4.78, 5) is 16.8. The molecule has 8 heteroatoms. The smallest absolute Gasteiger partial charge is 0.315 e. The fraction of sp³-hybridized carbons (Fsp3) is 0.441. The maximum Gasteiger partial charge on any atom is 0.315 e. The lowest BCUT2D eigenvalue weighted by Gasteiger charge is -2.44. The van der Waals surface area contributed by atoms with Gasteiger partial charge in [0.25, 0.3) is 0 Å². The largest absolute Gasteiger partial charge is 0.392 e. The van der Waals surface area contributed by atoms with Crippen molar-refractivity contribution in [3.63, 3.8) is 0 Å². The zero-order chi connectivity index (χ0) is 29.3. The first-order valence-corrected chi connectivity index (χ1v) is 15.1. The van der Waals surface area contributed by atoms with Crippen molar-refractivity contribution in [2.24, 2.45) is 5.92 Å². The molecule has 3 aromatic rings. The van der Waals surface area contributed by atoms with E-state index in [0.29, 0.717) is 13.1 Å². The number of aliphatic hydroxyl groups excluding tert-OH is 1. The van der Waals surface area contributed by atoms with Crippen LogP contribution in [0.25, 0.3) is 0 Å². The van der Waals surface area contributed by atoms with Crippen molar-refractivity contribution in [2.45, 2.75) is 52.0 Å². The minimum Gasteiger partial charge on any atom is -0.392 e. The average Bonchev–Trinajstić information content (AvgIpc) is 3.03. The van der Waals surface area contributed by atoms with Crippen molar-refractivity contribution in [3.05, 3.63) is 107 Å². The molecule has 0 spiro atoms. The molecule has 2 amide bonds. The zero-order valence-electron chi connectivity index (χ0n) is 24.7. The summed E-state index contributed by atoms with van der Waals surface area (Å²) < 4.78 is 13.3. The van der Waals surface area contributed by atoms with Crippen molar-refractivity contribution in [1.82, 2.24) is 20.4 Å². The molecule has 3 aromatic carbocycles. The van der Waals surface area contributed by atoms with Crippen LogP contribution < -0.4 is 10.6 Å². The van der Waals surface area contributed by atoms with Crippen molar-refractivity contribution in [2.75, 3.05) is 39.3 Å². The summed E-state index contributed by atoms with van der Waals surface area (Å²) in [7, 11) is 0. The van der Waals surface area contributed by atoms with Crippen LogP contribution in [0.1, 0.15) is 54.1 Å². The Morgan fingerprint density at radius 3 is 2.12 bits per heavy atom. The summed E-state index contributed by atoms with van der Waals surface area (Å²) in [6, 6.07) is 26.6. The number of rotatable bonds is 10. The molecule has 2 heterocycles. The van der Waals surface area contributed by atoms with E-state index in [1.807, 2.05) is 43.3 Å². The maximum absolute atomic E-state index is 11.8. The van der Waals surface area contributed by atoms with E-state index in [2.05, 4.69) is 69.8 Å². The Morgan fingerprint density at radius 2 is 1.45 bits per heavy atom. The van der Waals surface area contributed by atoms with Gasteiger partial charge in [-0.2, -0.15) is 0 Å². The topological polar surface area (TPSA) is 86.3 Å². The molecule has 2 aliphatic heterocycles. The highest BCUT2D eigenvalue weighted by atomic mass is 16.7. The molecule has 0 aromatic heterocycles. The monoisotopic (exact) mass is 572 g/mol. The first-order valence-electron chi connectivity index (χ1n) is 15.1. The summed E-state index contributed by atoms with van der Waals surface area (Å²) >= 11 is 0. The number of urea groups is 1. The third-order valence-electron chi connectivity index (χ3n) is 8.32. The highest BCUT2D eigenvalue weighted by Gasteiger charge is 2.39. The van der Waals surface area contributed by atoms with Gasteiger partial charge in [-0.1, -0.05) is 85.8 Å². The second-order valence-electron chi connectivity index (χ2n) is 11.3. The van der Waals surface area contributed by atoms with Gasteiger partial charge in [0, 0.05) is 63.8 Å². The van der Waals surface area contributed by atoms with Crippen LogP contribution >= 0.6 is 0 Å². The molecule has 2 saturated heterocycles. The number of benzene rings is 3. The number of aliphatic hydroxyl groups is 1. The molecule has 0 aliphatic carbocycles. The van der Waals surface area contributed by atoms with E-state index in [1.54, 1.807) is 0 Å². The predicted molar refractivity (Wildman–Crippen MR) is 163 cm³/mol. The third kappa shape index (κ3) is 7.96. The summed E-state index contributed by atoms with van der Waals surface area (Å²) in [6.45, 7) is 11.1. The van der Waals surface area contributed by atoms with E-state index in [0.717, 1.165) is 61.5 Å². The molecule has 8 nitrogen and oxygen atoms in total. The average molecular weight is 573 g/mol. The van der Waals surface area contributed by atoms with Gasteiger partial charge in [-0.15, -0.1) is 0 Å². The summed E-state index contributed by atoms with van der Waals surface area (Å²) in [5.41, 5.74) is 5.30. The van der Waals surface area contributed by atoms with Gasteiger partial charge in [0.05, 0.1) is 18.8 Å². The molecule has 3 N–H and O–H groups in total. The van der Waals surface area contributed by atoms with Crippen LogP contribution in [0, 0.1) is 5.92 Å². The minimum atomic E-state index is -0.501. The normalized spacial score (nSPS) is 23.4. The summed E-state index contributed by atoms with van der Waals surface area (Å²) in [6.07, 6.45) is -0.649. The Labute approximate surface area is 249 Å². The van der Waals surface area contributed by atoms with Crippen molar-refractivity contribution < 1.29 is 19.4 Å². The molecular formula is C34H44N4O4. The molecular weight excluding hydrogens is 528 g/mol. The molecule has 0 unspecified atom stereocenters. The van der Waals surface area contributed by atoms with E-state index in [4.69, 9.17) is 9.47 Å². The van der Waals surface area contributed by atoms with Gasteiger partial charge in [-0.3, -0.25) is 9.80 Å². The van der Waals surface area contributed by atoms with Crippen LogP contribution in [-0.2, 0) is 29.2 Å². The number of piperazine rings is 1. The van der Waals surface area contributed by atoms with Crippen molar-refractivity contribution in [3.8, 4) is 0 Å². The molecule has 0 radical (unpaired) electrons. The Kier molecular flexibility index (Phi) is 10.6.